The fourth-order valence-corrected chi connectivity index (χ4v) is 31.2. The number of phenols is 2. The smallest absolute Gasteiger partial charge is 0.460 e. The molecule has 0 aromatic heterocycles. The second-order valence-electron chi connectivity index (χ2n) is 29.7. The van der Waals surface area contributed by atoms with Crippen molar-refractivity contribution in [1.82, 2.24) is 0 Å². The molecule has 0 saturated carbocycles. The summed E-state index contributed by atoms with van der Waals surface area (Å²) >= 11 is 0. The van der Waals surface area contributed by atoms with E-state index in [0.717, 1.165) is 16.7 Å². The Morgan fingerprint density at radius 2 is 0.339 bits per heavy atom. The highest BCUT2D eigenvalue weighted by atomic mass is 31.3. The highest BCUT2D eigenvalue weighted by molar-refractivity contribution is 7.79. The predicted molar refractivity (Wildman–Crippen MR) is 496 cm³/mol. The number of aromatic hydroxyl groups is 2. The minimum atomic E-state index is -4.13. The van der Waals surface area contributed by atoms with Gasteiger partial charge in [0.1, 0.15) is 80.5 Å². The van der Waals surface area contributed by atoms with E-state index in [1.807, 2.05) is 188 Å². The van der Waals surface area contributed by atoms with Crippen molar-refractivity contribution in [2.45, 2.75) is 52.4 Å². The number of benzene rings is 15. The highest BCUT2D eigenvalue weighted by Crippen LogP contribution is 2.81. The van der Waals surface area contributed by atoms with Crippen molar-refractivity contribution < 1.29 is 64.5 Å². The van der Waals surface area contributed by atoms with Crippen LogP contribution in [0, 0.1) is 13.8 Å². The van der Waals surface area contributed by atoms with E-state index in [2.05, 4.69) is 126 Å². The van der Waals surface area contributed by atoms with Gasteiger partial charge in [-0.15, -0.1) is 0 Å². The third-order valence-corrected chi connectivity index (χ3v) is 35.8. The van der Waals surface area contributed by atoms with Crippen molar-refractivity contribution in [2.24, 2.45) is 27.1 Å². The molecule has 0 aliphatic carbocycles. The quantitative estimate of drug-likeness (QED) is 0.0416. The third-order valence-electron chi connectivity index (χ3n) is 19.5. The molecule has 0 amide bonds. The average Bonchev–Trinajstić information content (AvgIpc) is 0.732. The van der Waals surface area contributed by atoms with E-state index in [-0.39, 0.29) is 28.1 Å². The van der Waals surface area contributed by atoms with Crippen LogP contribution in [-0.2, 0) is 10.8 Å². The Morgan fingerprint density at radius 3 is 0.540 bits per heavy atom. The SMILES string of the molecule is Cc1ccc(C(C)(C)c2ccc(OP3(Oc4ccccc4)=NP(Oc4ccccc4)(Oc4ccccc4)=NP(Oc4ccccc4)(Oc4ccc(-c5ccc(C(C)(C)c6ccc(C)cc6)cc5)cc4)=N3)cc2)cc1.Oc1cc(O)cc(OP2(Oc3ccccc3)=NP(Oc3ccccc3)(Oc3ccccc3)=NP(Oc3ccccc3)(Oc3ccccc3)=N2)c1. The number of aryl methyl sites for hydroxylation is 2. The van der Waals surface area contributed by atoms with Crippen LogP contribution in [0.15, 0.2) is 440 Å². The summed E-state index contributed by atoms with van der Waals surface area (Å²) < 4.78 is 114. The minimum Gasteiger partial charge on any atom is -0.508 e. The van der Waals surface area contributed by atoms with Crippen molar-refractivity contribution in [3.63, 3.8) is 0 Å². The molecular weight excluding hydrogens is 1670 g/mol. The number of phenolic OH excluding ortho intramolecular Hbond substituents is 2. The van der Waals surface area contributed by atoms with Gasteiger partial charge >= 0.3 is 46.0 Å². The zero-order valence-corrected chi connectivity index (χ0v) is 73.8. The minimum absolute atomic E-state index is 0.00351. The average molecular weight is 1760 g/mol. The van der Waals surface area contributed by atoms with Crippen LogP contribution < -0.4 is 54.3 Å². The third kappa shape index (κ3) is 21.1. The number of hydrogen-bond acceptors (Lipinski definition) is 20. The number of nitrogens with zero attached hydrogens (tertiary/aromatic N) is 6. The van der Waals surface area contributed by atoms with Crippen molar-refractivity contribution in [2.75, 3.05) is 0 Å². The number of rotatable bonds is 29. The molecule has 15 aromatic carbocycles. The topological polar surface area (TPSA) is 225 Å². The Hall–Kier alpha value is -13.1. The van der Waals surface area contributed by atoms with Gasteiger partial charge in [0.15, 0.2) is 0 Å². The van der Waals surface area contributed by atoms with Crippen LogP contribution in [0.2, 0.25) is 0 Å². The van der Waals surface area contributed by atoms with Crippen LogP contribution in [-0.4, -0.2) is 10.2 Å². The summed E-state index contributed by atoms with van der Waals surface area (Å²) in [7, 11) is -24.4. The van der Waals surface area contributed by atoms with Crippen LogP contribution in [0.4, 0.5) is 0 Å². The van der Waals surface area contributed by atoms with Gasteiger partial charge in [0.2, 0.25) is 0 Å². The van der Waals surface area contributed by atoms with Gasteiger partial charge in [0.05, 0.1) is 0 Å². The second-order valence-corrected chi connectivity index (χ2v) is 42.1. The van der Waals surface area contributed by atoms with E-state index >= 15 is 0 Å². The Balaban J connectivity index is 0.000000198. The molecule has 2 N–H and O–H groups in total. The van der Waals surface area contributed by atoms with Crippen LogP contribution in [0.3, 0.4) is 0 Å². The molecule has 124 heavy (non-hydrogen) atoms. The first-order chi connectivity index (χ1) is 60.1. The Bertz CT molecular complexity index is 6270. The zero-order valence-electron chi connectivity index (χ0n) is 68.4. The lowest BCUT2D eigenvalue weighted by atomic mass is 9.77. The Kier molecular flexibility index (Phi) is 25.4. The summed E-state index contributed by atoms with van der Waals surface area (Å²) in [6.45, 7) is 13.1. The van der Waals surface area contributed by atoms with Gasteiger partial charge in [-0.25, -0.2) is 0 Å². The van der Waals surface area contributed by atoms with E-state index in [0.29, 0.717) is 63.2 Å². The van der Waals surface area contributed by atoms with Gasteiger partial charge in [-0.05, 0) is 181 Å². The van der Waals surface area contributed by atoms with E-state index < -0.39 is 46.0 Å². The maximum absolute atomic E-state index is 10.4. The molecule has 0 fully saturated rings. The molecule has 2 aliphatic heterocycles. The maximum Gasteiger partial charge on any atom is 0.460 e. The molecule has 15 aromatic rings. The van der Waals surface area contributed by atoms with Crippen molar-refractivity contribution in [3.8, 4) is 91.6 Å². The standard InChI is InChI=1S/C62H58N3O6P3.C36H30N3O8P3/c1-47-27-35-51(36-28-47)61(3,4)53-39-31-49(32-40-53)50-33-43-59(44-34-50)70-73(68-57-23-15-9-16-24-57)63-72(66-55-19-11-7-12-20-55,67-56-21-13-8-14-22-56)64-74(65-73,69-58-25-17-10-18-26-58)71-60-45-41-54(42-46-60)62(5,6)52-37-29-48(2)30-38-52;40-29-26-30(41)28-36(27-29)47-50(46-35-24-14-5-15-25-35)38-48(42-31-16-6-1-7-17-31,43-32-18-8-2-9-19-32)37-49(39-50,44-33-20-10-3-11-21-33)45-34-22-12-4-13-23-34/h7-46H,1-6H3;1-28,40-41H. The fourth-order valence-electron chi connectivity index (χ4n) is 13.1. The molecule has 0 spiro atoms. The van der Waals surface area contributed by atoms with Gasteiger partial charge in [-0.3, -0.25) is 0 Å². The molecule has 3 unspecified atom stereocenters. The summed E-state index contributed by atoms with van der Waals surface area (Å²) in [4.78, 5) is 0. The number of para-hydroxylation sites is 9. The maximum atomic E-state index is 10.4. The van der Waals surface area contributed by atoms with Crippen LogP contribution in [0.25, 0.3) is 11.1 Å². The lowest BCUT2D eigenvalue weighted by molar-refractivity contribution is 0.431. The normalized spacial score (nSPS) is 17.0. The van der Waals surface area contributed by atoms with Gasteiger partial charge in [0.25, 0.3) is 0 Å². The Labute approximate surface area is 722 Å². The van der Waals surface area contributed by atoms with E-state index in [1.54, 1.807) is 121 Å². The summed E-state index contributed by atoms with van der Waals surface area (Å²) in [6.07, 6.45) is 0. The molecule has 3 atom stereocenters. The molecule has 0 bridgehead atoms. The highest BCUT2D eigenvalue weighted by Gasteiger charge is 2.51. The predicted octanol–water partition coefficient (Wildman–Crippen LogP) is 31.0. The Morgan fingerprint density at radius 1 is 0.185 bits per heavy atom. The molecule has 0 radical (unpaired) electrons. The lowest BCUT2D eigenvalue weighted by Crippen LogP contribution is -2.18. The summed E-state index contributed by atoms with van der Waals surface area (Å²) in [5, 5.41) is 20.9. The fraction of sp³-hybridized carbons (Fsp3) is 0.0816. The van der Waals surface area contributed by atoms with Crippen molar-refractivity contribution in [1.29, 1.82) is 0 Å². The molecule has 2 aliphatic rings. The summed E-state index contributed by atoms with van der Waals surface area (Å²) in [6, 6.07) is 128. The van der Waals surface area contributed by atoms with E-state index in [1.165, 1.54) is 46.0 Å². The van der Waals surface area contributed by atoms with Crippen LogP contribution in [0.5, 0.6) is 80.5 Å². The monoisotopic (exact) mass is 1760 g/mol. The van der Waals surface area contributed by atoms with Crippen LogP contribution in [0.1, 0.15) is 61.1 Å². The summed E-state index contributed by atoms with van der Waals surface area (Å²) in [5.41, 5.74) is 8.74. The van der Waals surface area contributed by atoms with Gasteiger partial charge in [-0.1, -0.05) is 327 Å². The van der Waals surface area contributed by atoms with Crippen molar-refractivity contribution in [3.05, 3.63) is 446 Å². The van der Waals surface area contributed by atoms with Crippen molar-refractivity contribution >= 4 is 46.0 Å². The number of hydrogen-bond donors (Lipinski definition) is 2. The molecule has 17 rings (SSSR count). The first kappa shape index (κ1) is 84.5. The van der Waals surface area contributed by atoms with Gasteiger partial charge in [-0.2, -0.15) is 0 Å². The molecule has 624 valence electrons. The second kappa shape index (κ2) is 37.3. The van der Waals surface area contributed by atoms with Gasteiger partial charge in [0, 0.05) is 29.0 Å². The largest absolute Gasteiger partial charge is 0.508 e. The molecular formula is C98H88N6O14P6. The molecule has 26 heteroatoms. The van der Waals surface area contributed by atoms with E-state index in [4.69, 9.17) is 81.4 Å². The van der Waals surface area contributed by atoms with Crippen LogP contribution >= 0.6 is 46.0 Å². The lowest BCUT2D eigenvalue weighted by Gasteiger charge is -2.33. The first-order valence-corrected chi connectivity index (χ1v) is 49.0. The van der Waals surface area contributed by atoms with Gasteiger partial charge < -0.3 is 64.5 Å². The molecule has 2 heterocycles. The first-order valence-electron chi connectivity index (χ1n) is 39.8. The zero-order chi connectivity index (χ0) is 85.5. The van der Waals surface area contributed by atoms with E-state index in [9.17, 15) is 10.2 Å². The molecule has 0 saturated heterocycles. The molecule has 20 nitrogen and oxygen atoms in total. The summed E-state index contributed by atoms with van der Waals surface area (Å²) in [5.74, 6) is 4.02.